The third-order valence-electron chi connectivity index (χ3n) is 4.22. The molecule has 0 N–H and O–H groups in total. The Hall–Kier alpha value is -1.88. The number of aryl methyl sites for hydroxylation is 1. The van der Waals surface area contributed by atoms with E-state index in [1.165, 1.54) is 5.01 Å². The van der Waals surface area contributed by atoms with Crippen molar-refractivity contribution in [3.8, 4) is 17.0 Å². The Bertz CT molecular complexity index is 785. The van der Waals surface area contributed by atoms with Crippen LogP contribution in [0, 0.1) is 6.92 Å². The summed E-state index contributed by atoms with van der Waals surface area (Å²) >= 11 is 1.71. The van der Waals surface area contributed by atoms with E-state index in [2.05, 4.69) is 32.9 Å². The number of nitrogens with zero attached hydrogens (tertiary/aromatic N) is 3. The molecule has 0 radical (unpaired) electrons. The predicted octanol–water partition coefficient (Wildman–Crippen LogP) is 5.07. The lowest BCUT2D eigenvalue weighted by Crippen LogP contribution is -1.97. The van der Waals surface area contributed by atoms with Crippen molar-refractivity contribution >= 4 is 16.3 Å². The molecule has 0 aliphatic carbocycles. The second-order valence-corrected chi connectivity index (χ2v) is 6.64. The van der Waals surface area contributed by atoms with E-state index >= 15 is 0 Å². The van der Waals surface area contributed by atoms with Crippen molar-refractivity contribution in [2.45, 2.75) is 46.5 Å². The summed E-state index contributed by atoms with van der Waals surface area (Å²) in [4.78, 5) is 5.79. The molecule has 0 amide bonds. The molecule has 0 atom stereocenters. The van der Waals surface area contributed by atoms with E-state index in [0.717, 1.165) is 40.5 Å². The zero-order chi connectivity index (χ0) is 16.4. The lowest BCUT2D eigenvalue weighted by atomic mass is 10.1. The summed E-state index contributed by atoms with van der Waals surface area (Å²) in [6.45, 7) is 9.20. The molecule has 5 heteroatoms. The summed E-state index contributed by atoms with van der Waals surface area (Å²) in [7, 11) is 0. The Kier molecular flexibility index (Phi) is 4.66. The number of ether oxygens (including phenoxy) is 1. The number of benzene rings is 1. The molecule has 4 nitrogen and oxygen atoms in total. The van der Waals surface area contributed by atoms with Crippen molar-refractivity contribution in [1.82, 2.24) is 14.6 Å². The second-order valence-electron chi connectivity index (χ2n) is 5.65. The van der Waals surface area contributed by atoms with Crippen LogP contribution in [0.5, 0.6) is 5.75 Å². The second kappa shape index (κ2) is 6.71. The maximum absolute atomic E-state index is 5.50. The first-order chi connectivity index (χ1) is 11.2. The molecule has 2 heterocycles. The van der Waals surface area contributed by atoms with Crippen molar-refractivity contribution in [1.29, 1.82) is 0 Å². The van der Waals surface area contributed by atoms with Crippen molar-refractivity contribution in [3.05, 3.63) is 35.0 Å². The van der Waals surface area contributed by atoms with E-state index < -0.39 is 0 Å². The first-order valence-electron chi connectivity index (χ1n) is 8.27. The highest BCUT2D eigenvalue weighted by Gasteiger charge is 2.18. The molecule has 2 aromatic heterocycles. The van der Waals surface area contributed by atoms with Gasteiger partial charge < -0.3 is 4.74 Å². The van der Waals surface area contributed by atoms with Crippen molar-refractivity contribution in [3.63, 3.8) is 0 Å². The topological polar surface area (TPSA) is 39.4 Å². The van der Waals surface area contributed by atoms with Gasteiger partial charge in [0.25, 0.3) is 0 Å². The Morgan fingerprint density at radius 3 is 2.39 bits per heavy atom. The normalized spacial score (nSPS) is 11.5. The van der Waals surface area contributed by atoms with Gasteiger partial charge in [0, 0.05) is 11.5 Å². The van der Waals surface area contributed by atoms with E-state index in [1.54, 1.807) is 11.3 Å². The van der Waals surface area contributed by atoms with Crippen LogP contribution in [0.25, 0.3) is 16.2 Å². The van der Waals surface area contributed by atoms with Crippen LogP contribution in [0.3, 0.4) is 0 Å². The standard InChI is InChI=1S/C18H23N3OS/c1-5-13(6-2)17-20-21-12(4)16(19-18(21)23-17)14-8-10-15(11-9-14)22-7-3/h8-11,13H,5-7H2,1-4H3. The van der Waals surface area contributed by atoms with Crippen LogP contribution in [0.15, 0.2) is 24.3 Å². The molecule has 1 aromatic carbocycles. The van der Waals surface area contributed by atoms with Gasteiger partial charge in [-0.15, -0.1) is 0 Å². The van der Waals surface area contributed by atoms with Gasteiger partial charge in [0.15, 0.2) is 0 Å². The molecule has 0 fully saturated rings. The Morgan fingerprint density at radius 2 is 1.83 bits per heavy atom. The van der Waals surface area contributed by atoms with E-state index in [1.807, 2.05) is 23.6 Å². The summed E-state index contributed by atoms with van der Waals surface area (Å²) in [5, 5.41) is 5.99. The number of hydrogen-bond acceptors (Lipinski definition) is 4. The quantitative estimate of drug-likeness (QED) is 0.634. The number of hydrogen-bond donors (Lipinski definition) is 0. The molecule has 0 aliphatic rings. The summed E-state index contributed by atoms with van der Waals surface area (Å²) in [6, 6.07) is 8.11. The third-order valence-corrected chi connectivity index (χ3v) is 5.29. The van der Waals surface area contributed by atoms with Gasteiger partial charge in [-0.1, -0.05) is 25.2 Å². The zero-order valence-corrected chi connectivity index (χ0v) is 15.0. The lowest BCUT2D eigenvalue weighted by molar-refractivity contribution is 0.340. The van der Waals surface area contributed by atoms with Gasteiger partial charge in [0.1, 0.15) is 10.8 Å². The van der Waals surface area contributed by atoms with Crippen LogP contribution in [0.4, 0.5) is 0 Å². The Labute approximate surface area is 141 Å². The smallest absolute Gasteiger partial charge is 0.212 e. The molecule has 3 rings (SSSR count). The molecule has 0 saturated carbocycles. The minimum Gasteiger partial charge on any atom is -0.494 e. The third kappa shape index (κ3) is 2.98. The van der Waals surface area contributed by atoms with Gasteiger partial charge in [-0.3, -0.25) is 0 Å². The lowest BCUT2D eigenvalue weighted by Gasteiger charge is -2.06. The van der Waals surface area contributed by atoms with Gasteiger partial charge in [-0.05, 0) is 51.0 Å². The van der Waals surface area contributed by atoms with Crippen LogP contribution in [0.2, 0.25) is 0 Å². The molecular formula is C18H23N3OS. The van der Waals surface area contributed by atoms with Crippen LogP contribution in [0.1, 0.15) is 50.2 Å². The highest BCUT2D eigenvalue weighted by Crippen LogP contribution is 2.31. The average molecular weight is 329 g/mol. The summed E-state index contributed by atoms with van der Waals surface area (Å²) in [5.41, 5.74) is 3.20. The van der Waals surface area contributed by atoms with Crippen LogP contribution in [-0.2, 0) is 0 Å². The molecule has 23 heavy (non-hydrogen) atoms. The summed E-state index contributed by atoms with van der Waals surface area (Å²) < 4.78 is 7.49. The fourth-order valence-corrected chi connectivity index (χ4v) is 4.03. The minimum absolute atomic E-state index is 0.537. The molecule has 0 spiro atoms. The SMILES string of the molecule is CCOc1ccc(-c2nc3sc(C(CC)CC)nn3c2C)cc1. The summed E-state index contributed by atoms with van der Waals surface area (Å²) in [5.74, 6) is 1.43. The fourth-order valence-electron chi connectivity index (χ4n) is 2.82. The highest BCUT2D eigenvalue weighted by molar-refractivity contribution is 7.16. The van der Waals surface area contributed by atoms with Gasteiger partial charge in [0.2, 0.25) is 4.96 Å². The largest absolute Gasteiger partial charge is 0.494 e. The maximum atomic E-state index is 5.50. The van der Waals surface area contributed by atoms with Crippen molar-refractivity contribution in [2.24, 2.45) is 0 Å². The Morgan fingerprint density at radius 1 is 1.13 bits per heavy atom. The first kappa shape index (κ1) is 16.0. The molecule has 122 valence electrons. The molecule has 0 bridgehead atoms. The first-order valence-corrected chi connectivity index (χ1v) is 9.08. The average Bonchev–Trinajstić information content (AvgIpc) is 3.10. The van der Waals surface area contributed by atoms with Gasteiger partial charge in [0.05, 0.1) is 18.0 Å². The highest BCUT2D eigenvalue weighted by atomic mass is 32.1. The van der Waals surface area contributed by atoms with Crippen LogP contribution < -0.4 is 4.74 Å². The molecule has 3 aromatic rings. The zero-order valence-electron chi connectivity index (χ0n) is 14.2. The van der Waals surface area contributed by atoms with Gasteiger partial charge in [-0.2, -0.15) is 5.10 Å². The minimum atomic E-state index is 0.537. The van der Waals surface area contributed by atoms with Crippen molar-refractivity contribution < 1.29 is 4.74 Å². The maximum Gasteiger partial charge on any atom is 0.212 e. The molecule has 0 saturated heterocycles. The molecular weight excluding hydrogens is 306 g/mol. The van der Waals surface area contributed by atoms with Gasteiger partial charge in [-0.25, -0.2) is 9.50 Å². The molecule has 0 unspecified atom stereocenters. The predicted molar refractivity (Wildman–Crippen MR) is 95.5 cm³/mol. The number of rotatable bonds is 6. The fraction of sp³-hybridized carbons (Fsp3) is 0.444. The number of aromatic nitrogens is 3. The van der Waals surface area contributed by atoms with Crippen LogP contribution in [-0.4, -0.2) is 21.2 Å². The van der Waals surface area contributed by atoms with E-state index in [0.29, 0.717) is 12.5 Å². The monoisotopic (exact) mass is 329 g/mol. The number of imidazole rings is 1. The number of fused-ring (bicyclic) bond motifs is 1. The van der Waals surface area contributed by atoms with Gasteiger partial charge >= 0.3 is 0 Å². The Balaban J connectivity index is 1.96. The van der Waals surface area contributed by atoms with E-state index in [4.69, 9.17) is 14.8 Å². The summed E-state index contributed by atoms with van der Waals surface area (Å²) in [6.07, 6.45) is 2.25. The molecule has 0 aliphatic heterocycles. The van der Waals surface area contributed by atoms with E-state index in [9.17, 15) is 0 Å². The van der Waals surface area contributed by atoms with Crippen molar-refractivity contribution in [2.75, 3.05) is 6.61 Å². The van der Waals surface area contributed by atoms with Crippen LogP contribution >= 0.6 is 11.3 Å². The van der Waals surface area contributed by atoms with E-state index in [-0.39, 0.29) is 0 Å².